The molecule has 0 aliphatic carbocycles. The Hall–Kier alpha value is -7.14. The maximum absolute atomic E-state index is 6.48. The van der Waals surface area contributed by atoms with Gasteiger partial charge in [-0.15, -0.1) is 11.3 Å². The van der Waals surface area contributed by atoms with Gasteiger partial charge in [-0.05, 0) is 77.2 Å². The molecule has 9 aromatic carbocycles. The fourth-order valence-electron chi connectivity index (χ4n) is 8.88. The maximum Gasteiger partial charge on any atom is 0.137 e. The summed E-state index contributed by atoms with van der Waals surface area (Å²) in [6.45, 7) is 0. The normalized spacial score (nSPS) is 11.9. The first-order chi connectivity index (χ1) is 27.8. The van der Waals surface area contributed by atoms with E-state index in [1.54, 1.807) is 0 Å². The van der Waals surface area contributed by atoms with Gasteiger partial charge in [-0.1, -0.05) is 127 Å². The average molecular weight is 733 g/mol. The minimum absolute atomic E-state index is 0.869. The summed E-state index contributed by atoms with van der Waals surface area (Å²) in [5, 5.41) is 9.64. The summed E-state index contributed by atoms with van der Waals surface area (Å²) < 4.78 is 11.6. The average Bonchev–Trinajstić information content (AvgIpc) is 3.94. The van der Waals surface area contributed by atoms with Gasteiger partial charge in [-0.2, -0.15) is 0 Å². The molecule has 12 rings (SSSR count). The van der Waals surface area contributed by atoms with Crippen LogP contribution in [0, 0.1) is 0 Å². The number of para-hydroxylation sites is 3. The van der Waals surface area contributed by atoms with Crippen molar-refractivity contribution in [3.05, 3.63) is 194 Å². The number of anilines is 3. The van der Waals surface area contributed by atoms with Crippen molar-refractivity contribution in [3.8, 4) is 16.8 Å². The lowest BCUT2D eigenvalue weighted by molar-refractivity contribution is 0.669. The Morgan fingerprint density at radius 1 is 0.464 bits per heavy atom. The number of fused-ring (bicyclic) bond motifs is 11. The van der Waals surface area contributed by atoms with Gasteiger partial charge in [-0.25, -0.2) is 0 Å². The Kier molecular flexibility index (Phi) is 6.80. The molecule has 0 atom stereocenters. The van der Waals surface area contributed by atoms with E-state index < -0.39 is 0 Å². The molecule has 0 amide bonds. The van der Waals surface area contributed by atoms with Gasteiger partial charge in [0.25, 0.3) is 0 Å². The Labute approximate surface area is 326 Å². The molecule has 0 saturated carbocycles. The van der Waals surface area contributed by atoms with Crippen molar-refractivity contribution < 1.29 is 4.42 Å². The van der Waals surface area contributed by atoms with Gasteiger partial charge < -0.3 is 13.9 Å². The van der Waals surface area contributed by atoms with Crippen LogP contribution >= 0.6 is 11.3 Å². The van der Waals surface area contributed by atoms with E-state index in [4.69, 9.17) is 4.42 Å². The van der Waals surface area contributed by atoms with Crippen LogP contribution in [0.1, 0.15) is 0 Å². The fourth-order valence-corrected chi connectivity index (χ4v) is 10.1. The molecule has 262 valence electrons. The van der Waals surface area contributed by atoms with Gasteiger partial charge in [0.15, 0.2) is 0 Å². The van der Waals surface area contributed by atoms with E-state index in [-0.39, 0.29) is 0 Å². The lowest BCUT2D eigenvalue weighted by Crippen LogP contribution is -2.10. The van der Waals surface area contributed by atoms with Crippen LogP contribution in [-0.4, -0.2) is 4.57 Å². The highest BCUT2D eigenvalue weighted by atomic mass is 32.1. The van der Waals surface area contributed by atoms with Crippen LogP contribution in [0.3, 0.4) is 0 Å². The first-order valence-corrected chi connectivity index (χ1v) is 19.8. The largest absolute Gasteiger partial charge is 0.456 e. The molecular weight excluding hydrogens is 701 g/mol. The molecule has 0 fully saturated rings. The molecule has 0 spiro atoms. The highest BCUT2D eigenvalue weighted by Crippen LogP contribution is 2.49. The molecule has 0 aliphatic heterocycles. The van der Waals surface area contributed by atoms with Crippen molar-refractivity contribution >= 4 is 103 Å². The van der Waals surface area contributed by atoms with Gasteiger partial charge >= 0.3 is 0 Å². The van der Waals surface area contributed by atoms with Gasteiger partial charge in [0, 0.05) is 70.2 Å². The molecule has 3 heterocycles. The van der Waals surface area contributed by atoms with Crippen LogP contribution in [0.25, 0.3) is 91.5 Å². The SMILES string of the molecule is c1ccc(N(c2ccc3c(c2)oc2ccccc23)c2cc3ccccc3c3c2c2ccc(-c4cccc5c4sc4ccccc45)cc2n3-c2ccccc2)cc1. The van der Waals surface area contributed by atoms with Crippen LogP contribution in [0.5, 0.6) is 0 Å². The zero-order valence-corrected chi connectivity index (χ0v) is 31.0. The van der Waals surface area contributed by atoms with Crippen molar-refractivity contribution in [1.82, 2.24) is 4.57 Å². The van der Waals surface area contributed by atoms with E-state index in [2.05, 4.69) is 191 Å². The van der Waals surface area contributed by atoms with Crippen molar-refractivity contribution in [1.29, 1.82) is 0 Å². The zero-order chi connectivity index (χ0) is 36.7. The standard InChI is InChI=1S/C52H32N2OS/c1-3-15-35(16-4-1)53(37-27-29-41-40-20-9-11-24-47(40)55-48(41)32-37)46-31-33-14-7-8-19-38(33)51-50(46)44-28-26-34(30-45(44)54(51)36-17-5-2-6-18-36)39-22-13-23-43-42-21-10-12-25-49(42)56-52(39)43/h1-32H. The predicted octanol–water partition coefficient (Wildman–Crippen LogP) is 15.3. The third kappa shape index (κ3) is 4.63. The summed E-state index contributed by atoms with van der Waals surface area (Å²) >= 11 is 1.88. The lowest BCUT2D eigenvalue weighted by atomic mass is 9.99. The molecule has 3 aromatic heterocycles. The molecule has 0 radical (unpaired) electrons. The summed E-state index contributed by atoms with van der Waals surface area (Å²) in [5.41, 5.74) is 10.9. The maximum atomic E-state index is 6.48. The van der Waals surface area contributed by atoms with E-state index in [0.717, 1.165) is 44.7 Å². The van der Waals surface area contributed by atoms with Crippen LogP contribution < -0.4 is 4.90 Å². The Balaban J connectivity index is 1.20. The lowest BCUT2D eigenvalue weighted by Gasteiger charge is -2.27. The zero-order valence-electron chi connectivity index (χ0n) is 30.2. The second-order valence-corrected chi connectivity index (χ2v) is 15.5. The molecule has 0 aliphatic rings. The monoisotopic (exact) mass is 732 g/mol. The Bertz CT molecular complexity index is 3480. The summed E-state index contributed by atoms with van der Waals surface area (Å²) in [5.74, 6) is 0. The van der Waals surface area contributed by atoms with E-state index in [1.165, 1.54) is 63.9 Å². The summed E-state index contributed by atoms with van der Waals surface area (Å²) in [6, 6.07) is 70.2. The van der Waals surface area contributed by atoms with Crippen molar-refractivity contribution in [2.75, 3.05) is 4.90 Å². The van der Waals surface area contributed by atoms with E-state index in [1.807, 2.05) is 23.5 Å². The summed E-state index contributed by atoms with van der Waals surface area (Å²) in [7, 11) is 0. The summed E-state index contributed by atoms with van der Waals surface area (Å²) in [6.07, 6.45) is 0. The Morgan fingerprint density at radius 2 is 1.16 bits per heavy atom. The van der Waals surface area contributed by atoms with Crippen LogP contribution in [0.4, 0.5) is 17.1 Å². The molecular formula is C52H32N2OS. The second kappa shape index (κ2) is 12.2. The number of aromatic nitrogens is 1. The molecule has 0 unspecified atom stereocenters. The number of nitrogens with zero attached hydrogens (tertiary/aromatic N) is 2. The highest BCUT2D eigenvalue weighted by Gasteiger charge is 2.25. The van der Waals surface area contributed by atoms with Gasteiger partial charge in [0.1, 0.15) is 11.2 Å². The molecule has 0 N–H and O–H groups in total. The van der Waals surface area contributed by atoms with E-state index in [0.29, 0.717) is 0 Å². The van der Waals surface area contributed by atoms with Gasteiger partial charge in [0.05, 0.1) is 16.7 Å². The molecule has 3 nitrogen and oxygen atoms in total. The quantitative estimate of drug-likeness (QED) is 0.176. The molecule has 4 heteroatoms. The van der Waals surface area contributed by atoms with Crippen molar-refractivity contribution in [2.24, 2.45) is 0 Å². The number of furan rings is 1. The third-order valence-corrected chi connectivity index (χ3v) is 12.6. The van der Waals surface area contributed by atoms with Crippen LogP contribution in [0.15, 0.2) is 199 Å². The van der Waals surface area contributed by atoms with E-state index in [9.17, 15) is 0 Å². The molecule has 56 heavy (non-hydrogen) atoms. The van der Waals surface area contributed by atoms with Crippen molar-refractivity contribution in [2.45, 2.75) is 0 Å². The first kappa shape index (κ1) is 31.2. The van der Waals surface area contributed by atoms with Crippen molar-refractivity contribution in [3.63, 3.8) is 0 Å². The number of rotatable bonds is 5. The molecule has 0 bridgehead atoms. The number of hydrogen-bond donors (Lipinski definition) is 0. The van der Waals surface area contributed by atoms with Crippen LogP contribution in [-0.2, 0) is 0 Å². The minimum Gasteiger partial charge on any atom is -0.456 e. The van der Waals surface area contributed by atoms with E-state index >= 15 is 0 Å². The highest BCUT2D eigenvalue weighted by molar-refractivity contribution is 7.26. The second-order valence-electron chi connectivity index (χ2n) is 14.5. The molecule has 0 saturated heterocycles. The first-order valence-electron chi connectivity index (χ1n) is 19.0. The Morgan fingerprint density at radius 3 is 2.04 bits per heavy atom. The fraction of sp³-hybridized carbons (Fsp3) is 0. The van der Waals surface area contributed by atoms with Crippen LogP contribution in [0.2, 0.25) is 0 Å². The number of benzene rings is 9. The predicted molar refractivity (Wildman–Crippen MR) is 239 cm³/mol. The number of hydrogen-bond acceptors (Lipinski definition) is 3. The third-order valence-electron chi connectivity index (χ3n) is 11.3. The summed E-state index contributed by atoms with van der Waals surface area (Å²) in [4.78, 5) is 2.40. The van der Waals surface area contributed by atoms with Gasteiger partial charge in [0.2, 0.25) is 0 Å². The number of thiophene rings is 1. The minimum atomic E-state index is 0.869. The van der Waals surface area contributed by atoms with Gasteiger partial charge in [-0.3, -0.25) is 0 Å². The smallest absolute Gasteiger partial charge is 0.137 e. The molecule has 12 aromatic rings. The topological polar surface area (TPSA) is 21.3 Å².